The first kappa shape index (κ1) is 27.5. The summed E-state index contributed by atoms with van der Waals surface area (Å²) in [7, 11) is 0. The molecule has 0 amide bonds. The van der Waals surface area contributed by atoms with Gasteiger partial charge in [0.05, 0.1) is 5.69 Å². The molecule has 222 valence electrons. The second kappa shape index (κ2) is 10.6. The number of fused-ring (bicyclic) bond motifs is 5. The van der Waals surface area contributed by atoms with E-state index in [9.17, 15) is 0 Å². The van der Waals surface area contributed by atoms with Gasteiger partial charge in [0.15, 0.2) is 0 Å². The smallest absolute Gasteiger partial charge is 0.0714 e. The Hall–Kier alpha value is -5.79. The highest BCUT2D eigenvalue weighted by atomic mass is 14.7. The zero-order chi connectivity index (χ0) is 31.5. The van der Waals surface area contributed by atoms with Crippen LogP contribution < -0.4 is 0 Å². The van der Waals surface area contributed by atoms with Crippen LogP contribution >= 0.6 is 0 Å². The monoisotopic (exact) mass is 599 g/mol. The molecule has 0 aliphatic heterocycles. The fourth-order valence-corrected chi connectivity index (χ4v) is 7.77. The van der Waals surface area contributed by atoms with Crippen LogP contribution in [0.5, 0.6) is 0 Å². The molecule has 47 heavy (non-hydrogen) atoms. The number of benzene rings is 7. The van der Waals surface area contributed by atoms with E-state index < -0.39 is 0 Å². The third-order valence-corrected chi connectivity index (χ3v) is 10.1. The maximum atomic E-state index is 5.14. The summed E-state index contributed by atoms with van der Waals surface area (Å²) in [6.45, 7) is 4.67. The molecule has 8 aromatic rings. The van der Waals surface area contributed by atoms with Gasteiger partial charge in [-0.05, 0) is 83.7 Å². The summed E-state index contributed by atoms with van der Waals surface area (Å²) in [5, 5.41) is 4.90. The second-order valence-electron chi connectivity index (χ2n) is 13.1. The molecule has 7 aromatic carbocycles. The number of hydrogen-bond acceptors (Lipinski definition) is 1. The van der Waals surface area contributed by atoms with Gasteiger partial charge in [-0.15, -0.1) is 0 Å². The average molecular weight is 600 g/mol. The van der Waals surface area contributed by atoms with Crippen molar-refractivity contribution in [3.8, 4) is 55.8 Å². The second-order valence-corrected chi connectivity index (χ2v) is 13.1. The summed E-state index contributed by atoms with van der Waals surface area (Å²) in [4.78, 5) is 5.14. The quantitative estimate of drug-likeness (QED) is 0.183. The van der Waals surface area contributed by atoms with Gasteiger partial charge in [0.1, 0.15) is 0 Å². The van der Waals surface area contributed by atoms with Gasteiger partial charge in [-0.25, -0.2) is 0 Å². The summed E-state index contributed by atoms with van der Waals surface area (Å²) < 4.78 is 0. The molecule has 0 atom stereocenters. The van der Waals surface area contributed by atoms with E-state index in [2.05, 4.69) is 172 Å². The van der Waals surface area contributed by atoms with Crippen LogP contribution in [0.3, 0.4) is 0 Å². The van der Waals surface area contributed by atoms with Gasteiger partial charge in [0, 0.05) is 22.7 Å². The average Bonchev–Trinajstić information content (AvgIpc) is 3.36. The van der Waals surface area contributed by atoms with E-state index >= 15 is 0 Å². The van der Waals surface area contributed by atoms with Crippen LogP contribution in [-0.2, 0) is 5.41 Å². The Bertz CT molecular complexity index is 2390. The Balaban J connectivity index is 1.15. The highest BCUT2D eigenvalue weighted by Gasteiger charge is 2.35. The van der Waals surface area contributed by atoms with E-state index in [4.69, 9.17) is 4.98 Å². The van der Waals surface area contributed by atoms with Crippen molar-refractivity contribution >= 4 is 21.5 Å². The molecule has 0 unspecified atom stereocenters. The van der Waals surface area contributed by atoms with E-state index in [1.165, 1.54) is 77.2 Å². The maximum absolute atomic E-state index is 5.14. The van der Waals surface area contributed by atoms with E-state index in [-0.39, 0.29) is 5.41 Å². The highest BCUT2D eigenvalue weighted by Crippen LogP contribution is 2.49. The lowest BCUT2D eigenvalue weighted by Crippen LogP contribution is -2.14. The number of rotatable bonds is 4. The van der Waals surface area contributed by atoms with E-state index in [1.54, 1.807) is 0 Å². The Morgan fingerprint density at radius 2 is 0.894 bits per heavy atom. The summed E-state index contributed by atoms with van der Waals surface area (Å²) in [6.07, 6.45) is 2.05. The van der Waals surface area contributed by atoms with Gasteiger partial charge in [-0.3, -0.25) is 4.98 Å². The molecule has 0 radical (unpaired) electrons. The molecule has 1 heterocycles. The molecule has 0 fully saturated rings. The first-order valence-corrected chi connectivity index (χ1v) is 16.4. The first-order valence-electron chi connectivity index (χ1n) is 16.4. The number of hydrogen-bond donors (Lipinski definition) is 0. The van der Waals surface area contributed by atoms with Crippen molar-refractivity contribution in [3.63, 3.8) is 0 Å². The van der Waals surface area contributed by atoms with Crippen molar-refractivity contribution in [1.29, 1.82) is 0 Å². The molecule has 1 heteroatoms. The summed E-state index contributed by atoms with van der Waals surface area (Å²) >= 11 is 0. The minimum Gasteiger partial charge on any atom is -0.256 e. The van der Waals surface area contributed by atoms with Gasteiger partial charge < -0.3 is 0 Å². The fourth-order valence-electron chi connectivity index (χ4n) is 7.77. The van der Waals surface area contributed by atoms with Crippen molar-refractivity contribution < 1.29 is 0 Å². The lowest BCUT2D eigenvalue weighted by Gasteiger charge is -2.22. The standard InChI is InChI=1S/C46H33N/c1-46(2)41-19-11-10-14-35(41)36-26-24-33(28-42(36)46)34-25-27-43(47-29-34)45-39-17-8-6-15-37(39)44(38-16-7-9-18-40(38)45)32-22-20-31(21-23-32)30-12-4-3-5-13-30/h3-29H,1-2H3. The van der Waals surface area contributed by atoms with Crippen LogP contribution in [0.15, 0.2) is 164 Å². The van der Waals surface area contributed by atoms with Gasteiger partial charge in [-0.1, -0.05) is 159 Å². The summed E-state index contributed by atoms with van der Waals surface area (Å²) in [6, 6.07) is 57.3. The van der Waals surface area contributed by atoms with Gasteiger partial charge in [-0.2, -0.15) is 0 Å². The largest absolute Gasteiger partial charge is 0.256 e. The molecule has 0 saturated heterocycles. The highest BCUT2D eigenvalue weighted by molar-refractivity contribution is 6.21. The van der Waals surface area contributed by atoms with Gasteiger partial charge >= 0.3 is 0 Å². The van der Waals surface area contributed by atoms with Crippen LogP contribution in [0.1, 0.15) is 25.0 Å². The molecular weight excluding hydrogens is 567 g/mol. The van der Waals surface area contributed by atoms with Crippen molar-refractivity contribution in [2.24, 2.45) is 0 Å². The predicted octanol–water partition coefficient (Wildman–Crippen LogP) is 12.4. The Morgan fingerprint density at radius 1 is 0.383 bits per heavy atom. The summed E-state index contributed by atoms with van der Waals surface area (Å²) in [5.41, 5.74) is 14.9. The molecule has 1 aliphatic carbocycles. The van der Waals surface area contributed by atoms with Gasteiger partial charge in [0.25, 0.3) is 0 Å². The molecule has 0 saturated carbocycles. The third-order valence-electron chi connectivity index (χ3n) is 10.1. The Morgan fingerprint density at radius 3 is 1.55 bits per heavy atom. The van der Waals surface area contributed by atoms with Crippen molar-refractivity contribution in [2.75, 3.05) is 0 Å². The van der Waals surface area contributed by atoms with Crippen LogP contribution in [-0.4, -0.2) is 4.98 Å². The third kappa shape index (κ3) is 4.35. The van der Waals surface area contributed by atoms with E-state index in [1.807, 2.05) is 6.20 Å². The fraction of sp³-hybridized carbons (Fsp3) is 0.0652. The van der Waals surface area contributed by atoms with Crippen molar-refractivity contribution in [2.45, 2.75) is 19.3 Å². The zero-order valence-electron chi connectivity index (χ0n) is 26.5. The minimum absolute atomic E-state index is 0.0310. The van der Waals surface area contributed by atoms with Crippen LogP contribution in [0.25, 0.3) is 77.3 Å². The molecule has 0 bridgehead atoms. The molecule has 1 aromatic heterocycles. The van der Waals surface area contributed by atoms with E-state index in [0.717, 1.165) is 11.3 Å². The number of aromatic nitrogens is 1. The summed E-state index contributed by atoms with van der Waals surface area (Å²) in [5.74, 6) is 0. The molecular formula is C46H33N. The predicted molar refractivity (Wildman–Crippen MR) is 199 cm³/mol. The molecule has 1 nitrogen and oxygen atoms in total. The first-order chi connectivity index (χ1) is 23.1. The van der Waals surface area contributed by atoms with Crippen molar-refractivity contribution in [3.05, 3.63) is 175 Å². The number of nitrogens with zero attached hydrogens (tertiary/aromatic N) is 1. The maximum Gasteiger partial charge on any atom is 0.0714 e. The molecule has 0 N–H and O–H groups in total. The molecule has 9 rings (SSSR count). The van der Waals surface area contributed by atoms with Crippen LogP contribution in [0.2, 0.25) is 0 Å². The molecule has 0 spiro atoms. The van der Waals surface area contributed by atoms with Gasteiger partial charge in [0.2, 0.25) is 0 Å². The topological polar surface area (TPSA) is 12.9 Å². The van der Waals surface area contributed by atoms with E-state index in [0.29, 0.717) is 0 Å². The minimum atomic E-state index is -0.0310. The number of pyridine rings is 1. The van der Waals surface area contributed by atoms with Crippen LogP contribution in [0, 0.1) is 0 Å². The SMILES string of the molecule is CC1(C)c2ccccc2-c2ccc(-c3ccc(-c4c5ccccc5c(-c5ccc(-c6ccccc6)cc5)c5ccccc45)nc3)cc21. The van der Waals surface area contributed by atoms with Crippen molar-refractivity contribution in [1.82, 2.24) is 4.98 Å². The zero-order valence-corrected chi connectivity index (χ0v) is 26.5. The van der Waals surface area contributed by atoms with Crippen LogP contribution in [0.4, 0.5) is 0 Å². The Labute approximate surface area is 275 Å². The normalized spacial score (nSPS) is 13.1. The molecule has 1 aliphatic rings. The lowest BCUT2D eigenvalue weighted by atomic mass is 9.81. The Kier molecular flexibility index (Phi) is 6.23. The lowest BCUT2D eigenvalue weighted by molar-refractivity contribution is 0.660.